The molecule has 0 aliphatic carbocycles. The number of likely N-dealkylation sites (tertiary alicyclic amines) is 1. The fraction of sp³-hybridized carbons (Fsp3) is 0.400. The number of imide groups is 1. The first-order valence-corrected chi connectivity index (χ1v) is 9.13. The topological polar surface area (TPSA) is 93.5 Å². The Balaban J connectivity index is 1.81. The molecule has 2 aromatic rings. The van der Waals surface area contributed by atoms with Crippen LogP contribution in [0.1, 0.15) is 23.0 Å². The summed E-state index contributed by atoms with van der Waals surface area (Å²) in [5.74, 6) is -2.61. The molecule has 0 spiro atoms. The lowest BCUT2D eigenvalue weighted by Crippen LogP contribution is -2.42. The molecule has 28 heavy (non-hydrogen) atoms. The molecule has 4 atom stereocenters. The third-order valence-electron chi connectivity index (χ3n) is 5.81. The quantitative estimate of drug-likeness (QED) is 0.626. The van der Waals surface area contributed by atoms with Gasteiger partial charge in [0.1, 0.15) is 6.04 Å². The molecule has 4 rings (SSSR count). The van der Waals surface area contributed by atoms with Gasteiger partial charge < -0.3 is 4.74 Å². The second kappa shape index (κ2) is 6.56. The average molecular weight is 382 g/mol. The van der Waals surface area contributed by atoms with Crippen LogP contribution in [0.3, 0.4) is 0 Å². The fourth-order valence-electron chi connectivity index (χ4n) is 4.49. The summed E-state index contributed by atoms with van der Waals surface area (Å²) in [4.78, 5) is 38.9. The Morgan fingerprint density at radius 3 is 2.39 bits per heavy atom. The van der Waals surface area contributed by atoms with E-state index >= 15 is 0 Å². The highest BCUT2D eigenvalue weighted by Crippen LogP contribution is 2.45. The molecule has 2 aliphatic heterocycles. The molecule has 1 aromatic carbocycles. The van der Waals surface area contributed by atoms with Gasteiger partial charge in [0, 0.05) is 24.3 Å². The SMILES string of the molecule is COC(=O)[C@H]1N[C@@H](c2c(C)nn(-c3ccccc3)c2C)[C@H]2C(=O)N(C)C(=O)[C@H]21. The van der Waals surface area contributed by atoms with E-state index in [1.54, 1.807) is 0 Å². The lowest BCUT2D eigenvalue weighted by atomic mass is 9.86. The summed E-state index contributed by atoms with van der Waals surface area (Å²) in [6.07, 6.45) is 0. The molecule has 0 radical (unpaired) electrons. The number of esters is 1. The second-order valence-electron chi connectivity index (χ2n) is 7.26. The molecule has 2 amide bonds. The molecule has 2 fully saturated rings. The molecule has 2 saturated heterocycles. The summed E-state index contributed by atoms with van der Waals surface area (Å²) in [5, 5.41) is 7.83. The van der Waals surface area contributed by atoms with Crippen molar-refractivity contribution < 1.29 is 19.1 Å². The number of hydrogen-bond acceptors (Lipinski definition) is 6. The van der Waals surface area contributed by atoms with Gasteiger partial charge in [0.15, 0.2) is 0 Å². The van der Waals surface area contributed by atoms with E-state index in [9.17, 15) is 14.4 Å². The number of aryl methyl sites for hydroxylation is 1. The molecular formula is C20H22N4O4. The number of nitrogens with zero attached hydrogens (tertiary/aromatic N) is 3. The van der Waals surface area contributed by atoms with Gasteiger partial charge in [-0.3, -0.25) is 24.6 Å². The molecule has 3 heterocycles. The zero-order valence-electron chi connectivity index (χ0n) is 16.2. The molecule has 2 aliphatic rings. The Morgan fingerprint density at radius 1 is 1.11 bits per heavy atom. The minimum absolute atomic E-state index is 0.287. The van der Waals surface area contributed by atoms with Gasteiger partial charge in [-0.2, -0.15) is 5.10 Å². The summed E-state index contributed by atoms with van der Waals surface area (Å²) < 4.78 is 6.69. The van der Waals surface area contributed by atoms with Crippen molar-refractivity contribution in [1.29, 1.82) is 0 Å². The van der Waals surface area contributed by atoms with E-state index in [4.69, 9.17) is 4.74 Å². The Hall–Kier alpha value is -3.00. The maximum Gasteiger partial charge on any atom is 0.323 e. The van der Waals surface area contributed by atoms with Crippen molar-refractivity contribution in [1.82, 2.24) is 20.0 Å². The lowest BCUT2D eigenvalue weighted by molar-refractivity contribution is -0.147. The highest BCUT2D eigenvalue weighted by atomic mass is 16.5. The van der Waals surface area contributed by atoms with Crippen LogP contribution < -0.4 is 5.32 Å². The van der Waals surface area contributed by atoms with E-state index in [0.29, 0.717) is 0 Å². The number of amides is 2. The van der Waals surface area contributed by atoms with Gasteiger partial charge in [0.25, 0.3) is 0 Å². The molecule has 0 unspecified atom stereocenters. The third-order valence-corrected chi connectivity index (χ3v) is 5.81. The van der Waals surface area contributed by atoms with E-state index in [1.807, 2.05) is 48.9 Å². The van der Waals surface area contributed by atoms with Gasteiger partial charge in [-0.05, 0) is 26.0 Å². The number of fused-ring (bicyclic) bond motifs is 1. The number of methoxy groups -OCH3 is 1. The van der Waals surface area contributed by atoms with E-state index in [2.05, 4.69) is 10.4 Å². The number of para-hydroxylation sites is 1. The van der Waals surface area contributed by atoms with Crippen LogP contribution in [0.2, 0.25) is 0 Å². The number of carbonyl (C=O) groups excluding carboxylic acids is 3. The fourth-order valence-corrected chi connectivity index (χ4v) is 4.49. The monoisotopic (exact) mass is 382 g/mol. The van der Waals surface area contributed by atoms with Crippen molar-refractivity contribution >= 4 is 17.8 Å². The molecule has 1 N–H and O–H groups in total. The maximum absolute atomic E-state index is 12.8. The highest BCUT2D eigenvalue weighted by Gasteiger charge is 2.61. The van der Waals surface area contributed by atoms with Crippen molar-refractivity contribution in [3.05, 3.63) is 47.3 Å². The van der Waals surface area contributed by atoms with Gasteiger partial charge in [-0.25, -0.2) is 4.68 Å². The van der Waals surface area contributed by atoms with Gasteiger partial charge in [0.2, 0.25) is 11.8 Å². The van der Waals surface area contributed by atoms with E-state index in [0.717, 1.165) is 27.5 Å². The number of hydrogen-bond donors (Lipinski definition) is 1. The first kappa shape index (κ1) is 18.4. The molecule has 1 aromatic heterocycles. The van der Waals surface area contributed by atoms with Crippen LogP contribution in [0.25, 0.3) is 5.69 Å². The smallest absolute Gasteiger partial charge is 0.323 e. The number of benzene rings is 1. The number of ether oxygens (including phenoxy) is 1. The standard InChI is InChI=1S/C20H22N4O4/c1-10-13(11(2)24(22-10)12-8-6-5-7-9-12)16-14-15(17(21-16)20(27)28-4)19(26)23(3)18(14)25/h5-9,14-17,21H,1-4H3/t14-,15+,16-,17-/m0/s1. The van der Waals surface area contributed by atoms with E-state index in [1.165, 1.54) is 14.2 Å². The predicted molar refractivity (Wildman–Crippen MR) is 99.5 cm³/mol. The van der Waals surface area contributed by atoms with Gasteiger partial charge in [-0.15, -0.1) is 0 Å². The minimum Gasteiger partial charge on any atom is -0.468 e. The molecule has 0 bridgehead atoms. The Bertz CT molecular complexity index is 968. The average Bonchev–Trinajstić information content (AvgIpc) is 3.29. The maximum atomic E-state index is 12.8. The van der Waals surface area contributed by atoms with Crippen LogP contribution in [-0.2, 0) is 19.1 Å². The van der Waals surface area contributed by atoms with Crippen LogP contribution in [0, 0.1) is 25.7 Å². The van der Waals surface area contributed by atoms with E-state index < -0.39 is 29.9 Å². The number of nitrogens with one attached hydrogen (secondary N) is 1. The highest BCUT2D eigenvalue weighted by molar-refractivity contribution is 6.08. The second-order valence-corrected chi connectivity index (χ2v) is 7.26. The summed E-state index contributed by atoms with van der Waals surface area (Å²) in [6, 6.07) is 8.33. The van der Waals surface area contributed by atoms with Gasteiger partial charge >= 0.3 is 5.97 Å². The summed E-state index contributed by atoms with van der Waals surface area (Å²) in [5.41, 5.74) is 3.35. The van der Waals surface area contributed by atoms with Crippen molar-refractivity contribution in [2.24, 2.45) is 11.8 Å². The summed E-state index contributed by atoms with van der Waals surface area (Å²) >= 11 is 0. The molecule has 8 nitrogen and oxygen atoms in total. The Labute approximate surface area is 162 Å². The normalized spacial score (nSPS) is 26.6. The molecule has 0 saturated carbocycles. The van der Waals surface area contributed by atoms with Crippen LogP contribution in [0.4, 0.5) is 0 Å². The first-order chi connectivity index (χ1) is 13.4. The Morgan fingerprint density at radius 2 is 1.75 bits per heavy atom. The number of rotatable bonds is 3. The lowest BCUT2D eigenvalue weighted by Gasteiger charge is -2.20. The summed E-state index contributed by atoms with van der Waals surface area (Å²) in [7, 11) is 2.74. The first-order valence-electron chi connectivity index (χ1n) is 9.13. The zero-order chi connectivity index (χ0) is 20.2. The van der Waals surface area contributed by atoms with Crippen LogP contribution >= 0.6 is 0 Å². The van der Waals surface area contributed by atoms with Gasteiger partial charge in [-0.1, -0.05) is 18.2 Å². The van der Waals surface area contributed by atoms with Crippen molar-refractivity contribution in [3.8, 4) is 5.69 Å². The predicted octanol–water partition coefficient (Wildman–Crippen LogP) is 0.906. The molecular weight excluding hydrogens is 360 g/mol. The van der Waals surface area contributed by atoms with Crippen molar-refractivity contribution in [2.75, 3.05) is 14.2 Å². The summed E-state index contributed by atoms with van der Waals surface area (Å²) in [6.45, 7) is 3.80. The molecule has 146 valence electrons. The zero-order valence-corrected chi connectivity index (χ0v) is 16.2. The third kappa shape index (κ3) is 2.48. The number of aromatic nitrogens is 2. The molecule has 8 heteroatoms. The van der Waals surface area contributed by atoms with Gasteiger partial charge in [0.05, 0.1) is 30.3 Å². The van der Waals surface area contributed by atoms with Crippen LogP contribution in [0.5, 0.6) is 0 Å². The van der Waals surface area contributed by atoms with Crippen molar-refractivity contribution in [2.45, 2.75) is 25.9 Å². The van der Waals surface area contributed by atoms with Crippen LogP contribution in [-0.4, -0.2) is 52.7 Å². The van der Waals surface area contributed by atoms with Crippen LogP contribution in [0.15, 0.2) is 30.3 Å². The number of carbonyl (C=O) groups is 3. The Kier molecular flexibility index (Phi) is 4.30. The largest absolute Gasteiger partial charge is 0.468 e. The van der Waals surface area contributed by atoms with E-state index in [-0.39, 0.29) is 11.8 Å². The van der Waals surface area contributed by atoms with Crippen molar-refractivity contribution in [3.63, 3.8) is 0 Å². The minimum atomic E-state index is -0.861.